The number of halogens is 2. The highest BCUT2D eigenvalue weighted by atomic mass is 35.5. The molecular weight excluding hydrogens is 305 g/mol. The lowest BCUT2D eigenvalue weighted by molar-refractivity contribution is -0.140. The first-order valence-electron chi connectivity index (χ1n) is 6.08. The quantitative estimate of drug-likeness (QED) is 0.844. The molecule has 0 saturated carbocycles. The van der Waals surface area contributed by atoms with E-state index in [1.165, 1.54) is 15.5 Å². The van der Waals surface area contributed by atoms with Crippen LogP contribution in [0.1, 0.15) is 23.3 Å². The largest absolute Gasteiger partial charge is 0.378 e. The first-order chi connectivity index (χ1) is 9.26. The Morgan fingerprint density at radius 3 is 2.60 bits per heavy atom. The summed E-state index contributed by atoms with van der Waals surface area (Å²) < 4.78 is 1.46. The van der Waals surface area contributed by atoms with Crippen LogP contribution in [0.15, 0.2) is 6.07 Å². The summed E-state index contributed by atoms with van der Waals surface area (Å²) >= 11 is 11.8. The van der Waals surface area contributed by atoms with Crippen LogP contribution in [-0.4, -0.2) is 45.1 Å². The third-order valence-corrected chi connectivity index (χ3v) is 4.39. The lowest BCUT2D eigenvalue weighted by Gasteiger charge is -2.37. The SMILES string of the molecule is Cn1c(C(=O)N2CCCC(O)(C(N)=O)C2)cc(Cl)c1Cl. The molecule has 0 aliphatic carbocycles. The number of hydrogen-bond donors (Lipinski definition) is 2. The maximum absolute atomic E-state index is 12.4. The predicted molar refractivity (Wildman–Crippen MR) is 74.7 cm³/mol. The predicted octanol–water partition coefficient (Wildman–Crippen LogP) is 0.784. The number of hydrogen-bond acceptors (Lipinski definition) is 3. The van der Waals surface area contributed by atoms with Gasteiger partial charge in [-0.15, -0.1) is 0 Å². The van der Waals surface area contributed by atoms with Crippen LogP contribution < -0.4 is 5.73 Å². The molecule has 1 aromatic heterocycles. The molecule has 1 unspecified atom stereocenters. The smallest absolute Gasteiger partial charge is 0.270 e. The van der Waals surface area contributed by atoms with Crippen LogP contribution in [0.5, 0.6) is 0 Å². The van der Waals surface area contributed by atoms with E-state index >= 15 is 0 Å². The van der Waals surface area contributed by atoms with Crippen molar-refractivity contribution >= 4 is 35.0 Å². The molecule has 2 heterocycles. The lowest BCUT2D eigenvalue weighted by atomic mass is 9.92. The van der Waals surface area contributed by atoms with E-state index < -0.39 is 11.5 Å². The molecule has 2 rings (SSSR count). The Hall–Kier alpha value is -1.24. The number of aliphatic hydroxyl groups is 1. The summed E-state index contributed by atoms with van der Waals surface area (Å²) in [5, 5.41) is 10.7. The van der Waals surface area contributed by atoms with Crippen LogP contribution in [0, 0.1) is 0 Å². The van der Waals surface area contributed by atoms with Crippen molar-refractivity contribution in [3.8, 4) is 0 Å². The highest BCUT2D eigenvalue weighted by Gasteiger charge is 2.40. The molecule has 1 aliphatic heterocycles. The summed E-state index contributed by atoms with van der Waals surface area (Å²) in [5.74, 6) is -1.17. The van der Waals surface area contributed by atoms with E-state index in [2.05, 4.69) is 0 Å². The molecule has 1 fully saturated rings. The average molecular weight is 320 g/mol. The highest BCUT2D eigenvalue weighted by Crippen LogP contribution is 2.28. The lowest BCUT2D eigenvalue weighted by Crippen LogP contribution is -2.57. The normalized spacial score (nSPS) is 22.9. The van der Waals surface area contributed by atoms with Gasteiger partial charge >= 0.3 is 0 Å². The molecule has 0 spiro atoms. The van der Waals surface area contributed by atoms with Gasteiger partial charge in [-0.3, -0.25) is 9.59 Å². The molecule has 0 radical (unpaired) electrons. The van der Waals surface area contributed by atoms with Gasteiger partial charge in [0.25, 0.3) is 11.8 Å². The fourth-order valence-corrected chi connectivity index (χ4v) is 2.70. The van der Waals surface area contributed by atoms with Crippen molar-refractivity contribution in [3.05, 3.63) is 21.9 Å². The zero-order chi connectivity index (χ0) is 15.1. The van der Waals surface area contributed by atoms with Crippen LogP contribution >= 0.6 is 23.2 Å². The van der Waals surface area contributed by atoms with Crippen molar-refractivity contribution < 1.29 is 14.7 Å². The molecule has 1 atom stereocenters. The van der Waals surface area contributed by atoms with Gasteiger partial charge in [0.05, 0.1) is 11.6 Å². The molecule has 110 valence electrons. The van der Waals surface area contributed by atoms with Gasteiger partial charge in [0.2, 0.25) is 0 Å². The van der Waals surface area contributed by atoms with Crippen molar-refractivity contribution in [1.29, 1.82) is 0 Å². The van der Waals surface area contributed by atoms with Crippen molar-refractivity contribution in [2.45, 2.75) is 18.4 Å². The van der Waals surface area contributed by atoms with E-state index in [9.17, 15) is 14.7 Å². The highest BCUT2D eigenvalue weighted by molar-refractivity contribution is 6.41. The minimum atomic E-state index is -1.67. The molecule has 1 aliphatic rings. The van der Waals surface area contributed by atoms with E-state index in [1.54, 1.807) is 7.05 Å². The zero-order valence-electron chi connectivity index (χ0n) is 10.9. The van der Waals surface area contributed by atoms with Crippen molar-refractivity contribution in [2.75, 3.05) is 13.1 Å². The molecule has 3 N–H and O–H groups in total. The van der Waals surface area contributed by atoms with Crippen LogP contribution in [0.2, 0.25) is 10.2 Å². The van der Waals surface area contributed by atoms with Gasteiger partial charge < -0.3 is 20.3 Å². The number of rotatable bonds is 2. The molecular formula is C12H15Cl2N3O3. The number of nitrogens with zero attached hydrogens (tertiary/aromatic N) is 2. The maximum atomic E-state index is 12.4. The third kappa shape index (κ3) is 2.51. The first kappa shape index (κ1) is 15.2. The van der Waals surface area contributed by atoms with E-state index in [1.807, 2.05) is 0 Å². The van der Waals surface area contributed by atoms with Gasteiger partial charge in [-0.05, 0) is 18.9 Å². The van der Waals surface area contributed by atoms with E-state index in [0.29, 0.717) is 18.7 Å². The summed E-state index contributed by atoms with van der Waals surface area (Å²) in [4.78, 5) is 25.1. The number of carbonyl (C=O) groups is 2. The van der Waals surface area contributed by atoms with Crippen molar-refractivity contribution in [3.63, 3.8) is 0 Å². The standard InChI is InChI=1S/C12H15Cl2N3O3/c1-16-8(5-7(13)9(16)14)10(18)17-4-2-3-12(20,6-17)11(15)19/h5,20H,2-4,6H2,1H3,(H2,15,19). The maximum Gasteiger partial charge on any atom is 0.270 e. The second-order valence-corrected chi connectivity index (χ2v) is 5.72. The number of primary amides is 1. The fraction of sp³-hybridized carbons (Fsp3) is 0.500. The molecule has 0 aromatic carbocycles. The molecule has 2 amide bonds. The van der Waals surface area contributed by atoms with Crippen LogP contribution in [0.4, 0.5) is 0 Å². The van der Waals surface area contributed by atoms with Gasteiger partial charge in [0, 0.05) is 13.6 Å². The van der Waals surface area contributed by atoms with Crippen molar-refractivity contribution in [1.82, 2.24) is 9.47 Å². The number of amides is 2. The van der Waals surface area contributed by atoms with Gasteiger partial charge in [0.1, 0.15) is 10.8 Å². The molecule has 8 heteroatoms. The summed E-state index contributed by atoms with van der Waals surface area (Å²) in [5.41, 5.74) is 3.81. The topological polar surface area (TPSA) is 88.6 Å². The van der Waals surface area contributed by atoms with Gasteiger partial charge in [0.15, 0.2) is 5.60 Å². The number of likely N-dealkylation sites (tertiary alicyclic amines) is 1. The molecule has 0 bridgehead atoms. The van der Waals surface area contributed by atoms with Gasteiger partial charge in [-0.25, -0.2) is 0 Å². The minimum absolute atomic E-state index is 0.123. The summed E-state index contributed by atoms with van der Waals surface area (Å²) in [7, 11) is 1.62. The number of aromatic nitrogens is 1. The molecule has 6 nitrogen and oxygen atoms in total. The van der Waals surface area contributed by atoms with Crippen LogP contribution in [-0.2, 0) is 11.8 Å². The number of nitrogens with two attached hydrogens (primary N) is 1. The van der Waals surface area contributed by atoms with E-state index in [-0.39, 0.29) is 29.0 Å². The molecule has 20 heavy (non-hydrogen) atoms. The second-order valence-electron chi connectivity index (χ2n) is 4.95. The zero-order valence-corrected chi connectivity index (χ0v) is 12.4. The Balaban J connectivity index is 2.25. The fourth-order valence-electron chi connectivity index (χ4n) is 2.32. The minimum Gasteiger partial charge on any atom is -0.378 e. The van der Waals surface area contributed by atoms with Crippen molar-refractivity contribution in [2.24, 2.45) is 12.8 Å². The number of piperidine rings is 1. The van der Waals surface area contributed by atoms with E-state index in [0.717, 1.165) is 0 Å². The Bertz CT molecular complexity index is 573. The summed E-state index contributed by atoms with van der Waals surface area (Å²) in [6.07, 6.45) is 0.748. The Morgan fingerprint density at radius 2 is 2.10 bits per heavy atom. The van der Waals surface area contributed by atoms with Crippen LogP contribution in [0.25, 0.3) is 0 Å². The summed E-state index contributed by atoms with van der Waals surface area (Å²) in [6.45, 7) is 0.316. The number of carbonyl (C=O) groups excluding carboxylic acids is 2. The third-order valence-electron chi connectivity index (χ3n) is 3.55. The van der Waals surface area contributed by atoms with Gasteiger partial charge in [-0.1, -0.05) is 23.2 Å². The molecule has 1 saturated heterocycles. The average Bonchev–Trinajstić information content (AvgIpc) is 2.65. The summed E-state index contributed by atoms with van der Waals surface area (Å²) in [6, 6.07) is 1.46. The monoisotopic (exact) mass is 319 g/mol. The molecule has 1 aromatic rings. The Morgan fingerprint density at radius 1 is 1.45 bits per heavy atom. The number of β-amino-alcohol motifs (C(OH)–C–C–N with tert-alkyl or cyclic N) is 1. The van der Waals surface area contributed by atoms with Gasteiger partial charge in [-0.2, -0.15) is 0 Å². The van der Waals surface area contributed by atoms with E-state index in [4.69, 9.17) is 28.9 Å². The second kappa shape index (κ2) is 5.27. The first-order valence-corrected chi connectivity index (χ1v) is 6.84. The van der Waals surface area contributed by atoms with Crippen LogP contribution in [0.3, 0.4) is 0 Å². The Kier molecular flexibility index (Phi) is 4.00. The Labute approximate surface area is 126 Å².